The van der Waals surface area contributed by atoms with Crippen LogP contribution in [0.1, 0.15) is 26.3 Å². The molecule has 0 bridgehead atoms. The summed E-state index contributed by atoms with van der Waals surface area (Å²) in [6.45, 7) is 7.95. The molecule has 1 aliphatic heterocycles. The largest absolute Gasteiger partial charge is 0.374 e. The Morgan fingerprint density at radius 2 is 1.65 bits per heavy atom. The topological polar surface area (TPSA) is 27.7 Å². The van der Waals surface area contributed by atoms with Gasteiger partial charge in [0.1, 0.15) is 0 Å². The van der Waals surface area contributed by atoms with Gasteiger partial charge in [-0.25, -0.2) is 0 Å². The minimum atomic E-state index is -0.119. The molecule has 2 rings (SSSR count). The summed E-state index contributed by atoms with van der Waals surface area (Å²) in [4.78, 5) is 0. The average Bonchev–Trinajstić information content (AvgIpc) is 2.56. The lowest BCUT2D eigenvalue weighted by Crippen LogP contribution is -2.47. The van der Waals surface area contributed by atoms with E-state index in [4.69, 9.17) is 14.2 Å². The van der Waals surface area contributed by atoms with Gasteiger partial charge in [0, 0.05) is 44.3 Å². The van der Waals surface area contributed by atoms with Crippen LogP contribution in [0.25, 0.3) is 0 Å². The molecule has 0 N–H and O–H groups in total. The van der Waals surface area contributed by atoms with Gasteiger partial charge in [-0.2, -0.15) is 0 Å². The second-order valence-electron chi connectivity index (χ2n) is 5.92. The van der Waals surface area contributed by atoms with Crippen molar-refractivity contribution in [3.63, 3.8) is 0 Å². The molecule has 0 saturated carbocycles. The maximum Gasteiger partial charge on any atom is 0.160 e. The Labute approximate surface area is 152 Å². The molecule has 0 radical (unpaired) electrons. The van der Waals surface area contributed by atoms with Gasteiger partial charge in [-0.15, -0.1) is 0 Å². The molecule has 6 heteroatoms. The summed E-state index contributed by atoms with van der Waals surface area (Å²) in [5.74, 6) is 1.46. The van der Waals surface area contributed by atoms with E-state index in [9.17, 15) is 0 Å². The summed E-state index contributed by atoms with van der Waals surface area (Å²) in [6, 6.07) is 10.2. The summed E-state index contributed by atoms with van der Waals surface area (Å²) >= 11 is 8.25. The van der Waals surface area contributed by atoms with Crippen LogP contribution in [0.15, 0.2) is 30.3 Å². The molecule has 1 aromatic carbocycles. The Bertz CT molecular complexity index is 475. The first-order valence-corrected chi connectivity index (χ1v) is 10.4. The van der Waals surface area contributed by atoms with Crippen LogP contribution in [0.2, 0.25) is 0 Å². The molecule has 2 unspecified atom stereocenters. The smallest absolute Gasteiger partial charge is 0.160 e. The SMILES string of the molecule is CO[C@H]1OC(COCc2ccccc2)[C@@H](C)[C@H](C)C1C.S=S=S. The summed E-state index contributed by atoms with van der Waals surface area (Å²) in [7, 11) is 2.63. The first-order chi connectivity index (χ1) is 11.0. The van der Waals surface area contributed by atoms with Gasteiger partial charge in [-0.05, 0) is 17.4 Å². The standard InChI is InChI=1S/C17H26O3.S3/c1-12-13(2)16(20-17(18-4)14(12)3)11-19-10-15-8-6-5-7-9-15;1-3-2/h5-9,12-14,16-17H,10-11H2,1-4H3;/t12-,13-,14?,16?,17-;/m0./s1. The molecule has 0 amide bonds. The Balaban J connectivity index is 0.000000816. The third-order valence-electron chi connectivity index (χ3n) is 4.61. The van der Waals surface area contributed by atoms with Crippen LogP contribution in [0, 0.1) is 17.8 Å². The zero-order chi connectivity index (χ0) is 17.2. The van der Waals surface area contributed by atoms with Crippen LogP contribution in [0.4, 0.5) is 0 Å². The van der Waals surface area contributed by atoms with E-state index < -0.39 is 0 Å². The molecular formula is C17H26O3S3. The third-order valence-corrected chi connectivity index (χ3v) is 4.61. The summed E-state index contributed by atoms with van der Waals surface area (Å²) in [6.07, 6.45) is -0.0126. The zero-order valence-corrected chi connectivity index (χ0v) is 16.6. The molecule has 1 fully saturated rings. The average molecular weight is 375 g/mol. The van der Waals surface area contributed by atoms with Crippen molar-refractivity contribution in [2.24, 2.45) is 17.8 Å². The number of hydrogen-bond donors (Lipinski definition) is 0. The summed E-state index contributed by atoms with van der Waals surface area (Å²) in [5.41, 5.74) is 1.20. The van der Waals surface area contributed by atoms with Crippen molar-refractivity contribution < 1.29 is 14.2 Å². The van der Waals surface area contributed by atoms with Crippen molar-refractivity contribution in [2.75, 3.05) is 13.7 Å². The fourth-order valence-electron chi connectivity index (χ4n) is 2.81. The van der Waals surface area contributed by atoms with Crippen molar-refractivity contribution in [2.45, 2.75) is 39.8 Å². The maximum absolute atomic E-state index is 6.02. The number of benzene rings is 1. The van der Waals surface area contributed by atoms with Gasteiger partial charge in [0.05, 0.1) is 19.3 Å². The molecule has 3 nitrogen and oxygen atoms in total. The quantitative estimate of drug-likeness (QED) is 0.787. The molecule has 1 aliphatic rings. The van der Waals surface area contributed by atoms with Gasteiger partial charge in [-0.1, -0.05) is 51.1 Å². The van der Waals surface area contributed by atoms with E-state index in [0.717, 1.165) is 8.88 Å². The van der Waals surface area contributed by atoms with Gasteiger partial charge in [0.15, 0.2) is 6.29 Å². The zero-order valence-electron chi connectivity index (χ0n) is 14.1. The first kappa shape index (κ1) is 20.8. The highest BCUT2D eigenvalue weighted by atomic mass is 33.1. The molecular weight excluding hydrogens is 348 g/mol. The van der Waals surface area contributed by atoms with E-state index in [1.807, 2.05) is 18.2 Å². The lowest BCUT2D eigenvalue weighted by Gasteiger charge is -2.42. The number of rotatable bonds is 5. The van der Waals surface area contributed by atoms with E-state index in [-0.39, 0.29) is 12.4 Å². The fraction of sp³-hybridized carbons (Fsp3) is 0.647. The Kier molecular flexibility index (Phi) is 10.3. The summed E-state index contributed by atoms with van der Waals surface area (Å²) in [5, 5.41) is 0. The molecule has 23 heavy (non-hydrogen) atoms. The normalized spacial score (nSPS) is 30.2. The monoisotopic (exact) mass is 374 g/mol. The van der Waals surface area contributed by atoms with E-state index in [0.29, 0.717) is 31.0 Å². The highest BCUT2D eigenvalue weighted by Crippen LogP contribution is 2.35. The number of methoxy groups -OCH3 is 1. The molecule has 0 aromatic heterocycles. The van der Waals surface area contributed by atoms with Crippen molar-refractivity contribution in [3.8, 4) is 0 Å². The van der Waals surface area contributed by atoms with Gasteiger partial charge in [0.25, 0.3) is 0 Å². The highest BCUT2D eigenvalue weighted by Gasteiger charge is 2.39. The van der Waals surface area contributed by atoms with Crippen molar-refractivity contribution in [3.05, 3.63) is 35.9 Å². The van der Waals surface area contributed by atoms with E-state index in [2.05, 4.69) is 55.3 Å². The predicted molar refractivity (Wildman–Crippen MR) is 101 cm³/mol. The molecule has 0 spiro atoms. The van der Waals surface area contributed by atoms with Crippen LogP contribution in [-0.2, 0) is 52.1 Å². The van der Waals surface area contributed by atoms with Crippen molar-refractivity contribution >= 4 is 31.3 Å². The van der Waals surface area contributed by atoms with Crippen LogP contribution in [0.5, 0.6) is 0 Å². The minimum absolute atomic E-state index is 0.106. The minimum Gasteiger partial charge on any atom is -0.374 e. The third kappa shape index (κ3) is 6.64. The van der Waals surface area contributed by atoms with Crippen LogP contribution >= 0.6 is 0 Å². The summed E-state index contributed by atoms with van der Waals surface area (Å²) < 4.78 is 17.3. The van der Waals surface area contributed by atoms with Gasteiger partial charge in [-0.3, -0.25) is 0 Å². The predicted octanol–water partition coefficient (Wildman–Crippen LogP) is 3.48. The molecule has 1 aromatic rings. The Morgan fingerprint density at radius 3 is 2.22 bits per heavy atom. The molecule has 0 aliphatic carbocycles. The van der Waals surface area contributed by atoms with Gasteiger partial charge < -0.3 is 14.2 Å². The van der Waals surface area contributed by atoms with E-state index in [1.54, 1.807) is 7.11 Å². The number of hydrogen-bond acceptors (Lipinski definition) is 5. The van der Waals surface area contributed by atoms with Crippen LogP contribution in [0.3, 0.4) is 0 Å². The second-order valence-corrected chi connectivity index (χ2v) is 7.69. The Hall–Kier alpha value is -0.240. The molecule has 130 valence electrons. The number of ether oxygens (including phenoxy) is 3. The second kappa shape index (κ2) is 11.3. The van der Waals surface area contributed by atoms with E-state index >= 15 is 0 Å². The molecule has 1 saturated heterocycles. The van der Waals surface area contributed by atoms with Crippen molar-refractivity contribution in [1.29, 1.82) is 0 Å². The Morgan fingerprint density at radius 1 is 1.04 bits per heavy atom. The maximum atomic E-state index is 6.02. The van der Waals surface area contributed by atoms with Crippen LogP contribution < -0.4 is 0 Å². The van der Waals surface area contributed by atoms with Crippen molar-refractivity contribution in [1.82, 2.24) is 0 Å². The molecule has 1 heterocycles. The van der Waals surface area contributed by atoms with Crippen LogP contribution in [-0.4, -0.2) is 26.1 Å². The fourth-order valence-corrected chi connectivity index (χ4v) is 2.81. The lowest BCUT2D eigenvalue weighted by atomic mass is 9.79. The lowest BCUT2D eigenvalue weighted by molar-refractivity contribution is -0.247. The highest BCUT2D eigenvalue weighted by molar-refractivity contribution is 8.37. The first-order valence-electron chi connectivity index (χ1n) is 7.76. The van der Waals surface area contributed by atoms with Gasteiger partial charge in [0.2, 0.25) is 0 Å². The van der Waals surface area contributed by atoms with E-state index in [1.165, 1.54) is 5.56 Å². The van der Waals surface area contributed by atoms with Gasteiger partial charge >= 0.3 is 0 Å². The molecule has 5 atom stereocenters.